The molecule has 3 rings (SSSR count). The topological polar surface area (TPSA) is 162 Å². The molecule has 0 atom stereocenters. The first-order valence-electron chi connectivity index (χ1n) is 12.6. The molecule has 1 aliphatic heterocycles. The first-order chi connectivity index (χ1) is 18.5. The monoisotopic (exact) mass is 539 g/mol. The molecule has 0 aromatic heterocycles. The Labute approximate surface area is 226 Å². The average Bonchev–Trinajstić information content (AvgIpc) is 2.86. The van der Waals surface area contributed by atoms with E-state index < -0.39 is 22.8 Å². The van der Waals surface area contributed by atoms with E-state index >= 15 is 0 Å². The molecule has 11 heteroatoms. The Morgan fingerprint density at radius 1 is 1.03 bits per heavy atom. The smallest absolute Gasteiger partial charge is 0.334 e. The van der Waals surface area contributed by atoms with Crippen molar-refractivity contribution in [3.63, 3.8) is 0 Å². The molecule has 0 unspecified atom stereocenters. The number of aromatic hydroxyl groups is 1. The Kier molecular flexibility index (Phi) is 9.53. The van der Waals surface area contributed by atoms with E-state index in [0.29, 0.717) is 13.0 Å². The lowest BCUT2D eigenvalue weighted by atomic mass is 9.80. The summed E-state index contributed by atoms with van der Waals surface area (Å²) in [5.74, 6) is -3.57. The Morgan fingerprint density at radius 3 is 2.26 bits per heavy atom. The van der Waals surface area contributed by atoms with Gasteiger partial charge in [0.2, 0.25) is 0 Å². The molecule has 0 saturated carbocycles. The standard InChI is InChI=1S/C28H33N3O8/c1-4-12-30(19-8-7-9-21(32)15-19)13-5-6-14-39-23-11-10-20(31(37)38)16-22(23)26-24(27(33)34)17(2)29-18(3)25(26)28(35)36/h7-11,15-16,26,29,32H,4-6,12-14H2,1-3H3,(H,33,34)(H,35,36). The lowest BCUT2D eigenvalue weighted by Crippen LogP contribution is -2.31. The molecule has 0 amide bonds. The SMILES string of the molecule is CCCN(CCCCOc1ccc([N+](=O)[O-])cc1C1C(C(=O)O)=C(C)NC(C)=C1C(=O)O)c1cccc(O)c1. The summed E-state index contributed by atoms with van der Waals surface area (Å²) in [5, 5.41) is 44.0. The molecule has 0 fully saturated rings. The maximum Gasteiger partial charge on any atom is 0.334 e. The summed E-state index contributed by atoms with van der Waals surface area (Å²) < 4.78 is 5.99. The van der Waals surface area contributed by atoms with E-state index in [9.17, 15) is 35.0 Å². The minimum atomic E-state index is -1.34. The van der Waals surface area contributed by atoms with Gasteiger partial charge in [0.15, 0.2) is 0 Å². The van der Waals surface area contributed by atoms with Gasteiger partial charge in [-0.1, -0.05) is 13.0 Å². The van der Waals surface area contributed by atoms with Crippen molar-refractivity contribution in [1.82, 2.24) is 5.32 Å². The molecule has 208 valence electrons. The van der Waals surface area contributed by atoms with Crippen LogP contribution in [0.15, 0.2) is 65.0 Å². The number of nitrogens with one attached hydrogen (secondary N) is 1. The van der Waals surface area contributed by atoms with Gasteiger partial charge < -0.3 is 30.3 Å². The third-order valence-corrected chi connectivity index (χ3v) is 6.50. The van der Waals surface area contributed by atoms with E-state index in [1.807, 2.05) is 6.07 Å². The van der Waals surface area contributed by atoms with E-state index in [1.165, 1.54) is 32.0 Å². The van der Waals surface area contributed by atoms with Crippen molar-refractivity contribution in [3.05, 3.63) is 80.7 Å². The summed E-state index contributed by atoms with van der Waals surface area (Å²) in [6, 6.07) is 10.9. The summed E-state index contributed by atoms with van der Waals surface area (Å²) in [7, 11) is 0. The van der Waals surface area contributed by atoms with Crippen molar-refractivity contribution in [2.24, 2.45) is 0 Å². The molecular weight excluding hydrogens is 506 g/mol. The highest BCUT2D eigenvalue weighted by atomic mass is 16.6. The Balaban J connectivity index is 1.85. The molecule has 4 N–H and O–H groups in total. The van der Waals surface area contributed by atoms with Gasteiger partial charge >= 0.3 is 11.9 Å². The quantitative estimate of drug-likeness (QED) is 0.158. The van der Waals surface area contributed by atoms with Gasteiger partial charge in [-0.15, -0.1) is 0 Å². The molecule has 11 nitrogen and oxygen atoms in total. The van der Waals surface area contributed by atoms with Gasteiger partial charge in [0.1, 0.15) is 11.5 Å². The average molecular weight is 540 g/mol. The molecule has 0 aliphatic carbocycles. The van der Waals surface area contributed by atoms with E-state index in [4.69, 9.17) is 4.74 Å². The number of rotatable bonds is 13. The van der Waals surface area contributed by atoms with Crippen molar-refractivity contribution in [3.8, 4) is 11.5 Å². The summed E-state index contributed by atoms with van der Waals surface area (Å²) in [5.41, 5.74) is 0.766. The first-order valence-corrected chi connectivity index (χ1v) is 12.6. The number of hydrogen-bond donors (Lipinski definition) is 4. The van der Waals surface area contributed by atoms with E-state index in [-0.39, 0.29) is 51.9 Å². The summed E-state index contributed by atoms with van der Waals surface area (Å²) in [4.78, 5) is 37.5. The van der Waals surface area contributed by atoms with Crippen molar-refractivity contribution in [2.75, 3.05) is 24.6 Å². The molecule has 2 aromatic rings. The van der Waals surface area contributed by atoms with Crippen LogP contribution < -0.4 is 15.0 Å². The van der Waals surface area contributed by atoms with Crippen LogP contribution in [-0.4, -0.2) is 51.9 Å². The largest absolute Gasteiger partial charge is 0.508 e. The van der Waals surface area contributed by atoms with Crippen molar-refractivity contribution >= 4 is 23.3 Å². The van der Waals surface area contributed by atoms with E-state index in [1.54, 1.807) is 18.2 Å². The van der Waals surface area contributed by atoms with Crippen molar-refractivity contribution < 1.29 is 34.6 Å². The number of anilines is 1. The second kappa shape index (κ2) is 12.8. The number of non-ortho nitro benzene ring substituents is 1. The number of nitro groups is 1. The predicted molar refractivity (Wildman–Crippen MR) is 145 cm³/mol. The number of hydrogen-bond acceptors (Lipinski definition) is 8. The summed E-state index contributed by atoms with van der Waals surface area (Å²) >= 11 is 0. The zero-order chi connectivity index (χ0) is 28.7. The molecule has 0 bridgehead atoms. The highest BCUT2D eigenvalue weighted by Gasteiger charge is 2.38. The second-order valence-electron chi connectivity index (χ2n) is 9.29. The van der Waals surface area contributed by atoms with Crippen molar-refractivity contribution in [2.45, 2.75) is 46.0 Å². The fourth-order valence-corrected chi connectivity index (χ4v) is 4.79. The van der Waals surface area contributed by atoms with Gasteiger partial charge in [0.05, 0.1) is 28.6 Å². The Bertz CT molecular complexity index is 1280. The number of nitro benzene ring substituents is 1. The third kappa shape index (κ3) is 6.86. The minimum absolute atomic E-state index is 0.103. The normalized spacial score (nSPS) is 13.7. The highest BCUT2D eigenvalue weighted by Crippen LogP contribution is 2.43. The number of carboxylic acids is 2. The number of dihydropyridines is 1. The molecule has 2 aromatic carbocycles. The number of phenolic OH excluding ortho intramolecular Hbond substituents is 1. The van der Waals surface area contributed by atoms with Crippen LogP contribution in [0.4, 0.5) is 11.4 Å². The van der Waals surface area contributed by atoms with E-state index in [2.05, 4.69) is 17.1 Å². The summed E-state index contributed by atoms with van der Waals surface area (Å²) in [6.07, 6.45) is 2.28. The third-order valence-electron chi connectivity index (χ3n) is 6.50. The molecule has 0 saturated heterocycles. The molecule has 39 heavy (non-hydrogen) atoms. The Hall–Kier alpha value is -4.54. The van der Waals surface area contributed by atoms with Crippen LogP contribution in [0.3, 0.4) is 0 Å². The van der Waals surface area contributed by atoms with E-state index in [0.717, 1.165) is 25.1 Å². The van der Waals surface area contributed by atoms with Gasteiger partial charge in [-0.3, -0.25) is 10.1 Å². The number of unbranched alkanes of at least 4 members (excludes halogenated alkanes) is 1. The molecule has 1 aliphatic rings. The number of ether oxygens (including phenoxy) is 1. The number of carbonyl (C=O) groups is 2. The number of aliphatic carboxylic acids is 2. The first kappa shape index (κ1) is 29.0. The van der Waals surface area contributed by atoms with Crippen LogP contribution in [0.5, 0.6) is 11.5 Å². The minimum Gasteiger partial charge on any atom is -0.508 e. The van der Waals surface area contributed by atoms with Gasteiger partial charge in [-0.05, 0) is 51.3 Å². The van der Waals surface area contributed by atoms with Gasteiger partial charge in [-0.25, -0.2) is 9.59 Å². The predicted octanol–water partition coefficient (Wildman–Crippen LogP) is 4.78. The highest BCUT2D eigenvalue weighted by molar-refractivity contribution is 5.98. The van der Waals surface area contributed by atoms with Crippen molar-refractivity contribution in [1.29, 1.82) is 0 Å². The number of carboxylic acid groups (broad SMARTS) is 2. The van der Waals surface area contributed by atoms with Crippen LogP contribution in [0.2, 0.25) is 0 Å². The molecule has 1 heterocycles. The number of phenols is 1. The summed E-state index contributed by atoms with van der Waals surface area (Å²) in [6.45, 7) is 6.85. The number of benzene rings is 2. The van der Waals surface area contributed by atoms with Gasteiger partial charge in [-0.2, -0.15) is 0 Å². The maximum absolute atomic E-state index is 12.2. The Morgan fingerprint density at radius 2 is 1.69 bits per heavy atom. The fourth-order valence-electron chi connectivity index (χ4n) is 4.79. The maximum atomic E-state index is 12.2. The lowest BCUT2D eigenvalue weighted by molar-refractivity contribution is -0.384. The second-order valence-corrected chi connectivity index (χ2v) is 9.29. The van der Waals surface area contributed by atoms with Crippen LogP contribution in [0.1, 0.15) is 51.5 Å². The molecule has 0 radical (unpaired) electrons. The molecular formula is C28H33N3O8. The van der Waals surface area contributed by atoms with Crippen LogP contribution >= 0.6 is 0 Å². The van der Waals surface area contributed by atoms with Crippen LogP contribution in [-0.2, 0) is 9.59 Å². The van der Waals surface area contributed by atoms with Gasteiger partial charge in [0.25, 0.3) is 5.69 Å². The van der Waals surface area contributed by atoms with Crippen LogP contribution in [0.25, 0.3) is 0 Å². The lowest BCUT2D eigenvalue weighted by Gasteiger charge is -2.29. The zero-order valence-electron chi connectivity index (χ0n) is 22.1. The number of allylic oxidation sites excluding steroid dienone is 2. The fraction of sp³-hybridized carbons (Fsp3) is 0.357. The number of nitrogens with zero attached hydrogens (tertiary/aromatic N) is 2. The van der Waals surface area contributed by atoms with Gasteiger partial charge in [0, 0.05) is 53.9 Å². The zero-order valence-corrected chi connectivity index (χ0v) is 22.1. The molecule has 0 spiro atoms. The van der Waals surface area contributed by atoms with Crippen LogP contribution in [0, 0.1) is 10.1 Å².